The standard InChI is InChI=1S/C14H15NO4/c1-9(12-6-7-13(19-12)14(16)17)15-10-4-3-5-11(8-10)18-2/h3-9,15H,1-2H3,(H,16,17). The van der Waals surface area contributed by atoms with E-state index in [9.17, 15) is 4.79 Å². The first kappa shape index (κ1) is 13.0. The van der Waals surface area contributed by atoms with Crippen LogP contribution >= 0.6 is 0 Å². The van der Waals surface area contributed by atoms with Crippen molar-refractivity contribution >= 4 is 11.7 Å². The van der Waals surface area contributed by atoms with Gasteiger partial charge in [-0.15, -0.1) is 0 Å². The van der Waals surface area contributed by atoms with E-state index in [2.05, 4.69) is 5.32 Å². The first-order valence-electron chi connectivity index (χ1n) is 5.84. The Morgan fingerprint density at radius 3 is 2.79 bits per heavy atom. The van der Waals surface area contributed by atoms with Crippen LogP contribution in [0.4, 0.5) is 5.69 Å². The van der Waals surface area contributed by atoms with E-state index in [-0.39, 0.29) is 11.8 Å². The van der Waals surface area contributed by atoms with Gasteiger partial charge in [0.05, 0.1) is 13.2 Å². The Labute approximate surface area is 110 Å². The van der Waals surface area contributed by atoms with Gasteiger partial charge in [-0.3, -0.25) is 0 Å². The fraction of sp³-hybridized carbons (Fsp3) is 0.214. The molecule has 100 valence electrons. The lowest BCUT2D eigenvalue weighted by Gasteiger charge is -2.13. The predicted octanol–water partition coefficient (Wildman–Crippen LogP) is 3.16. The highest BCUT2D eigenvalue weighted by atomic mass is 16.5. The third-order valence-corrected chi connectivity index (χ3v) is 2.72. The van der Waals surface area contributed by atoms with Crippen molar-refractivity contribution in [2.45, 2.75) is 13.0 Å². The van der Waals surface area contributed by atoms with Crippen molar-refractivity contribution in [1.29, 1.82) is 0 Å². The Morgan fingerprint density at radius 1 is 1.37 bits per heavy atom. The number of hydrogen-bond acceptors (Lipinski definition) is 4. The molecule has 0 spiro atoms. The minimum absolute atomic E-state index is 0.0608. The fourth-order valence-corrected chi connectivity index (χ4v) is 1.73. The van der Waals surface area contributed by atoms with E-state index in [0.29, 0.717) is 5.76 Å². The number of hydrogen-bond donors (Lipinski definition) is 2. The SMILES string of the molecule is COc1cccc(NC(C)c2ccc(C(=O)O)o2)c1. The summed E-state index contributed by atoms with van der Waals surface area (Å²) in [4.78, 5) is 10.7. The van der Waals surface area contributed by atoms with Crippen molar-refractivity contribution in [1.82, 2.24) is 0 Å². The Balaban J connectivity index is 2.10. The average Bonchev–Trinajstić information content (AvgIpc) is 2.89. The number of anilines is 1. The van der Waals surface area contributed by atoms with Crippen LogP contribution in [-0.2, 0) is 0 Å². The molecule has 2 N–H and O–H groups in total. The third-order valence-electron chi connectivity index (χ3n) is 2.72. The lowest BCUT2D eigenvalue weighted by Crippen LogP contribution is -2.05. The minimum atomic E-state index is -1.07. The topological polar surface area (TPSA) is 71.7 Å². The van der Waals surface area contributed by atoms with Gasteiger partial charge in [-0.2, -0.15) is 0 Å². The van der Waals surface area contributed by atoms with E-state index in [1.54, 1.807) is 13.2 Å². The van der Waals surface area contributed by atoms with Gasteiger partial charge in [-0.25, -0.2) is 4.79 Å². The molecule has 2 aromatic rings. The normalized spacial score (nSPS) is 11.9. The van der Waals surface area contributed by atoms with E-state index >= 15 is 0 Å². The van der Waals surface area contributed by atoms with Gasteiger partial charge in [0, 0.05) is 11.8 Å². The maximum absolute atomic E-state index is 10.7. The monoisotopic (exact) mass is 261 g/mol. The molecule has 5 nitrogen and oxygen atoms in total. The molecule has 0 amide bonds. The van der Waals surface area contributed by atoms with Gasteiger partial charge in [0.15, 0.2) is 0 Å². The number of methoxy groups -OCH3 is 1. The molecule has 5 heteroatoms. The zero-order valence-electron chi connectivity index (χ0n) is 10.7. The van der Waals surface area contributed by atoms with Crippen molar-refractivity contribution in [2.75, 3.05) is 12.4 Å². The molecule has 1 aromatic heterocycles. The smallest absolute Gasteiger partial charge is 0.371 e. The number of furan rings is 1. The van der Waals surface area contributed by atoms with Gasteiger partial charge < -0.3 is 19.6 Å². The van der Waals surface area contributed by atoms with Gasteiger partial charge in [0.25, 0.3) is 0 Å². The third kappa shape index (κ3) is 3.07. The van der Waals surface area contributed by atoms with Crippen molar-refractivity contribution in [3.63, 3.8) is 0 Å². The summed E-state index contributed by atoms with van der Waals surface area (Å²) in [5.41, 5.74) is 0.875. The molecule has 1 aromatic carbocycles. The second kappa shape index (κ2) is 5.48. The van der Waals surface area contributed by atoms with Gasteiger partial charge in [0.2, 0.25) is 5.76 Å². The Morgan fingerprint density at radius 2 is 2.16 bits per heavy atom. The van der Waals surface area contributed by atoms with E-state index < -0.39 is 5.97 Å². The summed E-state index contributed by atoms with van der Waals surface area (Å²) in [5.74, 6) is 0.192. The fourth-order valence-electron chi connectivity index (χ4n) is 1.73. The molecule has 0 aliphatic carbocycles. The first-order valence-corrected chi connectivity index (χ1v) is 5.84. The van der Waals surface area contributed by atoms with Gasteiger partial charge in [-0.05, 0) is 31.2 Å². The van der Waals surface area contributed by atoms with E-state index in [1.165, 1.54) is 6.07 Å². The molecule has 0 aliphatic rings. The van der Waals surface area contributed by atoms with Crippen LogP contribution in [0.2, 0.25) is 0 Å². The van der Waals surface area contributed by atoms with E-state index in [1.807, 2.05) is 31.2 Å². The Hall–Kier alpha value is -2.43. The molecule has 2 rings (SSSR count). The number of benzene rings is 1. The minimum Gasteiger partial charge on any atom is -0.497 e. The number of carboxylic acid groups (broad SMARTS) is 1. The molecule has 1 unspecified atom stereocenters. The molecular weight excluding hydrogens is 246 g/mol. The molecule has 0 fully saturated rings. The summed E-state index contributed by atoms with van der Waals surface area (Å²) < 4.78 is 10.4. The zero-order chi connectivity index (χ0) is 13.8. The summed E-state index contributed by atoms with van der Waals surface area (Å²) in [7, 11) is 1.61. The van der Waals surface area contributed by atoms with Crippen LogP contribution < -0.4 is 10.1 Å². The quantitative estimate of drug-likeness (QED) is 0.865. The maximum atomic E-state index is 10.7. The molecule has 0 bridgehead atoms. The van der Waals surface area contributed by atoms with Crippen molar-refractivity contribution in [2.24, 2.45) is 0 Å². The van der Waals surface area contributed by atoms with E-state index in [0.717, 1.165) is 11.4 Å². The lowest BCUT2D eigenvalue weighted by atomic mass is 10.2. The maximum Gasteiger partial charge on any atom is 0.371 e. The van der Waals surface area contributed by atoms with Crippen LogP contribution in [-0.4, -0.2) is 18.2 Å². The predicted molar refractivity (Wildman–Crippen MR) is 70.7 cm³/mol. The van der Waals surface area contributed by atoms with Crippen molar-refractivity contribution in [3.05, 3.63) is 47.9 Å². The van der Waals surface area contributed by atoms with Crippen LogP contribution in [0.3, 0.4) is 0 Å². The molecule has 0 aliphatic heterocycles. The summed E-state index contributed by atoms with van der Waals surface area (Å²) >= 11 is 0. The highest BCUT2D eigenvalue weighted by molar-refractivity contribution is 5.84. The zero-order valence-corrected chi connectivity index (χ0v) is 10.7. The molecular formula is C14H15NO4. The van der Waals surface area contributed by atoms with Gasteiger partial charge in [0.1, 0.15) is 11.5 Å². The number of ether oxygens (including phenoxy) is 1. The second-order valence-electron chi connectivity index (χ2n) is 4.11. The Bertz CT molecular complexity index is 576. The van der Waals surface area contributed by atoms with Gasteiger partial charge in [-0.1, -0.05) is 6.07 Å². The van der Waals surface area contributed by atoms with Crippen molar-refractivity contribution < 1.29 is 19.1 Å². The average molecular weight is 261 g/mol. The number of aromatic carboxylic acids is 1. The summed E-state index contributed by atoms with van der Waals surface area (Å²) in [6.07, 6.45) is 0. The lowest BCUT2D eigenvalue weighted by molar-refractivity contribution is 0.0660. The molecule has 1 atom stereocenters. The number of nitrogens with one attached hydrogen (secondary N) is 1. The molecule has 1 heterocycles. The second-order valence-corrected chi connectivity index (χ2v) is 4.11. The number of rotatable bonds is 5. The van der Waals surface area contributed by atoms with Gasteiger partial charge >= 0.3 is 5.97 Å². The van der Waals surface area contributed by atoms with Crippen LogP contribution in [0.1, 0.15) is 29.3 Å². The molecule has 0 saturated carbocycles. The van der Waals surface area contributed by atoms with E-state index in [4.69, 9.17) is 14.3 Å². The summed E-state index contributed by atoms with van der Waals surface area (Å²) in [6.45, 7) is 1.89. The van der Waals surface area contributed by atoms with Crippen LogP contribution in [0.25, 0.3) is 0 Å². The summed E-state index contributed by atoms with van der Waals surface area (Å²) in [6, 6.07) is 10.4. The highest BCUT2D eigenvalue weighted by Crippen LogP contribution is 2.23. The molecule has 0 radical (unpaired) electrons. The number of carbonyl (C=O) groups is 1. The Kier molecular flexibility index (Phi) is 3.75. The molecule has 19 heavy (non-hydrogen) atoms. The van der Waals surface area contributed by atoms with Crippen LogP contribution in [0.5, 0.6) is 5.75 Å². The summed E-state index contributed by atoms with van der Waals surface area (Å²) in [5, 5.41) is 12.0. The largest absolute Gasteiger partial charge is 0.497 e. The first-order chi connectivity index (χ1) is 9.10. The van der Waals surface area contributed by atoms with Crippen LogP contribution in [0, 0.1) is 0 Å². The highest BCUT2D eigenvalue weighted by Gasteiger charge is 2.14. The van der Waals surface area contributed by atoms with Crippen molar-refractivity contribution in [3.8, 4) is 5.75 Å². The molecule has 0 saturated heterocycles. The number of carboxylic acids is 1. The van der Waals surface area contributed by atoms with Crippen LogP contribution in [0.15, 0.2) is 40.8 Å².